The van der Waals surface area contributed by atoms with Gasteiger partial charge >= 0.3 is 5.97 Å². The third kappa shape index (κ3) is 4.14. The van der Waals surface area contributed by atoms with Crippen molar-refractivity contribution >= 4 is 11.8 Å². The third-order valence-corrected chi connectivity index (χ3v) is 2.29. The van der Waals surface area contributed by atoms with E-state index in [1.165, 1.54) is 0 Å². The van der Waals surface area contributed by atoms with Crippen molar-refractivity contribution in [2.75, 3.05) is 13.2 Å². The number of rotatable bonds is 4. The quantitative estimate of drug-likeness (QED) is 0.560. The molecule has 0 aromatic heterocycles. The first-order valence-corrected chi connectivity index (χ1v) is 5.35. The molecule has 4 heteroatoms. The predicted octanol–water partition coefficient (Wildman–Crippen LogP) is 1.17. The molecule has 0 heterocycles. The minimum absolute atomic E-state index is 0.130. The molecule has 0 amide bonds. The highest BCUT2D eigenvalue weighted by Gasteiger charge is 2.14. The minimum Gasteiger partial charge on any atom is -0.465 e. The van der Waals surface area contributed by atoms with E-state index in [0.29, 0.717) is 13.0 Å². The lowest BCUT2D eigenvalue weighted by molar-refractivity contribution is -0.141. The Kier molecular flexibility index (Phi) is 4.87. The van der Waals surface area contributed by atoms with E-state index in [9.17, 15) is 9.59 Å². The van der Waals surface area contributed by atoms with Gasteiger partial charge in [-0.15, -0.1) is 0 Å². The first-order valence-electron chi connectivity index (χ1n) is 5.35. The first-order chi connectivity index (χ1) is 7.24. The summed E-state index contributed by atoms with van der Waals surface area (Å²) in [5.41, 5.74) is 0.797. The predicted molar refractivity (Wildman–Crippen MR) is 56.2 cm³/mol. The van der Waals surface area contributed by atoms with Gasteiger partial charge in [0.25, 0.3) is 0 Å². The van der Waals surface area contributed by atoms with Crippen molar-refractivity contribution in [3.8, 4) is 0 Å². The van der Waals surface area contributed by atoms with Gasteiger partial charge in [-0.2, -0.15) is 0 Å². The number of carbonyl (C=O) groups is 2. The van der Waals surface area contributed by atoms with Gasteiger partial charge in [0.2, 0.25) is 0 Å². The van der Waals surface area contributed by atoms with Crippen molar-refractivity contribution in [1.82, 2.24) is 5.32 Å². The Morgan fingerprint density at radius 3 is 2.87 bits per heavy atom. The number of ether oxygens (including phenoxy) is 1. The maximum absolute atomic E-state index is 11.4. The number of hydrogen-bond donors (Lipinski definition) is 1. The highest BCUT2D eigenvalue weighted by atomic mass is 16.5. The van der Waals surface area contributed by atoms with E-state index in [0.717, 1.165) is 24.8 Å². The molecule has 84 valence electrons. The topological polar surface area (TPSA) is 55.4 Å². The van der Waals surface area contributed by atoms with Gasteiger partial charge in [0, 0.05) is 18.2 Å². The van der Waals surface area contributed by atoms with Gasteiger partial charge < -0.3 is 10.1 Å². The molecule has 0 aromatic rings. The number of esters is 1. The van der Waals surface area contributed by atoms with Crippen LogP contribution in [-0.2, 0) is 14.3 Å². The molecule has 0 unspecified atom stereocenters. The average Bonchev–Trinajstić information content (AvgIpc) is 2.21. The lowest BCUT2D eigenvalue weighted by atomic mass is 9.94. The van der Waals surface area contributed by atoms with Crippen LogP contribution >= 0.6 is 0 Å². The van der Waals surface area contributed by atoms with Crippen LogP contribution in [0.5, 0.6) is 0 Å². The zero-order valence-corrected chi connectivity index (χ0v) is 9.04. The summed E-state index contributed by atoms with van der Waals surface area (Å²) in [6, 6.07) is 0. The van der Waals surface area contributed by atoms with E-state index in [1.807, 2.05) is 0 Å². The molecule has 1 aliphatic carbocycles. The maximum Gasteiger partial charge on any atom is 0.325 e. The van der Waals surface area contributed by atoms with Gasteiger partial charge in [0.15, 0.2) is 5.78 Å². The van der Waals surface area contributed by atoms with Crippen molar-refractivity contribution in [2.24, 2.45) is 0 Å². The number of Topliss-reactive ketones (excluding diaryl/α,β-unsaturated/α-hetero) is 1. The van der Waals surface area contributed by atoms with Crippen LogP contribution in [0.4, 0.5) is 0 Å². The molecule has 1 saturated carbocycles. The summed E-state index contributed by atoms with van der Waals surface area (Å²) in [5, 5.41) is 2.81. The molecule has 0 atom stereocenters. The molecule has 0 spiro atoms. The van der Waals surface area contributed by atoms with Crippen LogP contribution in [0.1, 0.15) is 32.6 Å². The van der Waals surface area contributed by atoms with E-state index in [2.05, 4.69) is 5.32 Å². The number of hydrogen-bond acceptors (Lipinski definition) is 4. The van der Waals surface area contributed by atoms with Crippen LogP contribution in [0, 0.1) is 0 Å². The first kappa shape index (κ1) is 11.8. The summed E-state index contributed by atoms with van der Waals surface area (Å²) in [4.78, 5) is 22.3. The summed E-state index contributed by atoms with van der Waals surface area (Å²) in [6.45, 7) is 2.28. The molecule has 15 heavy (non-hydrogen) atoms. The van der Waals surface area contributed by atoms with E-state index in [-0.39, 0.29) is 18.3 Å². The van der Waals surface area contributed by atoms with Crippen LogP contribution < -0.4 is 5.32 Å². The number of nitrogens with one attached hydrogen (secondary N) is 1. The van der Waals surface area contributed by atoms with Crippen molar-refractivity contribution in [3.63, 3.8) is 0 Å². The van der Waals surface area contributed by atoms with Crippen LogP contribution in [0.3, 0.4) is 0 Å². The number of carbonyl (C=O) groups excluding carboxylic acids is 2. The van der Waals surface area contributed by atoms with Crippen molar-refractivity contribution in [3.05, 3.63) is 11.8 Å². The Balaban J connectivity index is 2.30. The van der Waals surface area contributed by atoms with Gasteiger partial charge in [-0.1, -0.05) is 0 Å². The molecule has 1 rings (SSSR count). The molecule has 1 aliphatic rings. The molecule has 0 radical (unpaired) electrons. The van der Waals surface area contributed by atoms with Gasteiger partial charge in [-0.25, -0.2) is 0 Å². The Morgan fingerprint density at radius 1 is 1.47 bits per heavy atom. The Labute approximate surface area is 89.7 Å². The fourth-order valence-corrected chi connectivity index (χ4v) is 1.52. The molecule has 0 bridgehead atoms. The molecular formula is C11H17NO3. The molecule has 0 aromatic carbocycles. The van der Waals surface area contributed by atoms with Gasteiger partial charge in [-0.05, 0) is 26.2 Å². The van der Waals surface area contributed by atoms with Gasteiger partial charge in [-0.3, -0.25) is 9.59 Å². The summed E-state index contributed by atoms with van der Waals surface area (Å²) in [5.74, 6) is -0.102. The summed E-state index contributed by atoms with van der Waals surface area (Å²) in [7, 11) is 0. The highest BCUT2D eigenvalue weighted by molar-refractivity contribution is 5.95. The largest absolute Gasteiger partial charge is 0.465 e. The van der Waals surface area contributed by atoms with Crippen LogP contribution in [0.15, 0.2) is 11.8 Å². The molecule has 0 aliphatic heterocycles. The van der Waals surface area contributed by atoms with Crippen molar-refractivity contribution < 1.29 is 14.3 Å². The number of allylic oxidation sites excluding steroid dienone is 1. The Hall–Kier alpha value is -1.32. The van der Waals surface area contributed by atoms with Crippen LogP contribution in [-0.4, -0.2) is 24.9 Å². The Bertz CT molecular complexity index is 271. The molecular weight excluding hydrogens is 194 g/mol. The van der Waals surface area contributed by atoms with Crippen molar-refractivity contribution in [2.45, 2.75) is 32.6 Å². The fourth-order valence-electron chi connectivity index (χ4n) is 1.52. The SMILES string of the molecule is CCOC(=O)CN/C=C1/CCCCC1=O. The lowest BCUT2D eigenvalue weighted by Crippen LogP contribution is -2.22. The van der Waals surface area contributed by atoms with E-state index in [4.69, 9.17) is 4.74 Å². The molecule has 1 N–H and O–H groups in total. The third-order valence-electron chi connectivity index (χ3n) is 2.29. The molecule has 1 fully saturated rings. The zero-order valence-electron chi connectivity index (χ0n) is 9.04. The molecule has 4 nitrogen and oxygen atoms in total. The van der Waals surface area contributed by atoms with E-state index < -0.39 is 0 Å². The average molecular weight is 211 g/mol. The zero-order chi connectivity index (χ0) is 11.1. The van der Waals surface area contributed by atoms with E-state index in [1.54, 1.807) is 13.1 Å². The number of ketones is 1. The Morgan fingerprint density at radius 2 is 2.20 bits per heavy atom. The second kappa shape index (κ2) is 6.22. The second-order valence-electron chi connectivity index (χ2n) is 3.49. The lowest BCUT2D eigenvalue weighted by Gasteiger charge is -2.12. The normalized spacial score (nSPS) is 19.0. The minimum atomic E-state index is -0.294. The molecule has 0 saturated heterocycles. The van der Waals surface area contributed by atoms with Gasteiger partial charge in [0.05, 0.1) is 6.61 Å². The van der Waals surface area contributed by atoms with Gasteiger partial charge in [0.1, 0.15) is 6.54 Å². The monoisotopic (exact) mass is 211 g/mol. The summed E-state index contributed by atoms with van der Waals surface area (Å²) < 4.78 is 4.74. The van der Waals surface area contributed by atoms with Crippen LogP contribution in [0.25, 0.3) is 0 Å². The summed E-state index contributed by atoms with van der Waals surface area (Å²) >= 11 is 0. The maximum atomic E-state index is 11.4. The van der Waals surface area contributed by atoms with Crippen LogP contribution in [0.2, 0.25) is 0 Å². The second-order valence-corrected chi connectivity index (χ2v) is 3.49. The highest BCUT2D eigenvalue weighted by Crippen LogP contribution is 2.18. The van der Waals surface area contributed by atoms with Crippen molar-refractivity contribution in [1.29, 1.82) is 0 Å². The van der Waals surface area contributed by atoms with E-state index >= 15 is 0 Å². The standard InChI is InChI=1S/C11H17NO3/c1-2-15-11(14)8-12-7-9-5-3-4-6-10(9)13/h7,12H,2-6,8H2,1H3/b9-7-. The summed E-state index contributed by atoms with van der Waals surface area (Å²) in [6.07, 6.45) is 5.13. The fraction of sp³-hybridized carbons (Fsp3) is 0.636. The smallest absolute Gasteiger partial charge is 0.325 e.